The van der Waals surface area contributed by atoms with E-state index in [0.29, 0.717) is 6.61 Å². The van der Waals surface area contributed by atoms with Crippen LogP contribution in [-0.2, 0) is 0 Å². The first-order valence-corrected chi connectivity index (χ1v) is 54.2. The largest absolute Gasteiger partial charge is 0.396 e. The maximum Gasteiger partial charge on any atom is 0.0431 e. The quantitative estimate of drug-likeness (QED) is 0.170. The number of rotatable bonds is 5. The third-order valence-corrected chi connectivity index (χ3v) is 36.0. The first-order valence-electron chi connectivity index (χ1n) is 54.2. The van der Waals surface area contributed by atoms with Gasteiger partial charge in [-0.1, -0.05) is 231 Å². The van der Waals surface area contributed by atoms with E-state index in [1.807, 2.05) is 13.8 Å². The van der Waals surface area contributed by atoms with Crippen molar-refractivity contribution in [3.63, 3.8) is 0 Å². The normalized spacial score (nSPS) is 21.6. The number of benzene rings is 12. The van der Waals surface area contributed by atoms with Crippen LogP contribution in [0, 0.1) is 166 Å². The summed E-state index contributed by atoms with van der Waals surface area (Å²) in [4.78, 5) is 0. The fraction of sp³-hybridized carbons (Fsp3) is 0.467. The number of fused-ring (bicyclic) bond motifs is 24. The number of hydrogen-bond acceptors (Lipinski definition) is 1. The van der Waals surface area contributed by atoms with Crippen LogP contribution in [-0.4, -0.2) is 11.7 Å². The zero-order valence-electron chi connectivity index (χ0n) is 89.2. The third-order valence-electron chi connectivity index (χ3n) is 36.0. The van der Waals surface area contributed by atoms with Crippen molar-refractivity contribution < 1.29 is 5.11 Å². The van der Waals surface area contributed by atoms with Crippen LogP contribution in [0.1, 0.15) is 507 Å². The molecule has 0 atom stereocenters. The molecular weight excluding hydrogens is 1640 g/mol. The van der Waals surface area contributed by atoms with Crippen LogP contribution in [0.4, 0.5) is 0 Å². The number of aryl methyl sites for hydroxylation is 24. The Hall–Kier alpha value is -9.40. The first kappa shape index (κ1) is 98.2. The predicted molar refractivity (Wildman–Crippen MR) is 583 cm³/mol. The molecule has 0 aromatic heterocycles. The molecule has 0 unspecified atom stereocenters. The van der Waals surface area contributed by atoms with Gasteiger partial charge >= 0.3 is 0 Å². The average molecular weight is 1800 g/mol. The lowest BCUT2D eigenvalue weighted by atomic mass is 9.70. The van der Waals surface area contributed by atoms with Crippen LogP contribution in [0.25, 0.3) is 0 Å². The molecule has 7 aliphatic carbocycles. The molecule has 0 saturated carbocycles. The molecule has 712 valence electrons. The SMILES string of the molecule is CC.CCCCCCCO.Cc1cc(C)c2cc1C1CCCC3c4cc(c(C)cc4C)C4CCCC5c6cc(c(C)cc6C)C6CCCC2c2cc(c(C)cc2C)[C@H]2CCC[C@@H](c7cc1c(C)cc7C)c1cc(c(C)cc1C)[C@H](CCC[C@@H](c1cc4c(C)cc1C)c1cc(c(C)cc1C)[C@H](CCC[C@@H](c1cc6c(C)cc1C)c1cc2c(C)cc1C)c1cc5c(C)cc1C)c1cc3c(C)cc1C. The Morgan fingerprint density at radius 1 is 0.147 bits per heavy atom. The molecule has 19 rings (SSSR count). The van der Waals surface area contributed by atoms with Gasteiger partial charge in [0.2, 0.25) is 0 Å². The number of hydrogen-bond donors (Lipinski definition) is 1. The van der Waals surface area contributed by atoms with Crippen molar-refractivity contribution in [2.75, 3.05) is 6.61 Å². The molecule has 1 heteroatoms. The van der Waals surface area contributed by atoms with Crippen LogP contribution < -0.4 is 0 Å². The molecule has 0 fully saturated rings. The Morgan fingerprint density at radius 2 is 0.235 bits per heavy atom. The number of aliphatic hydroxyl groups excluding tert-OH is 1. The summed E-state index contributed by atoms with van der Waals surface area (Å²) in [6.07, 6.45) is 25.2. The van der Waals surface area contributed by atoms with Crippen molar-refractivity contribution in [1.29, 1.82) is 0 Å². The Bertz CT molecular complexity index is 5210. The minimum atomic E-state index is 0.158. The summed E-state index contributed by atoms with van der Waals surface area (Å²) in [5.41, 5.74) is 71.3. The van der Waals surface area contributed by atoms with Crippen molar-refractivity contribution >= 4 is 0 Å². The number of unbranched alkanes of at least 4 members (excludes halogenated alkanes) is 4. The van der Waals surface area contributed by atoms with E-state index in [0.717, 1.165) is 122 Å². The van der Waals surface area contributed by atoms with Gasteiger partial charge in [-0.2, -0.15) is 0 Å². The lowest BCUT2D eigenvalue weighted by Gasteiger charge is -2.34. The van der Waals surface area contributed by atoms with Crippen LogP contribution in [0.2, 0.25) is 0 Å². The Balaban J connectivity index is 0.00000122. The highest BCUT2D eigenvalue weighted by molar-refractivity contribution is 5.63. The predicted octanol–water partition coefficient (Wildman–Crippen LogP) is 37.1. The second-order valence-electron chi connectivity index (χ2n) is 45.1. The van der Waals surface area contributed by atoms with Gasteiger partial charge in [-0.15, -0.1) is 0 Å². The zero-order valence-corrected chi connectivity index (χ0v) is 89.2. The van der Waals surface area contributed by atoms with Crippen molar-refractivity contribution in [3.05, 3.63) is 413 Å². The van der Waals surface area contributed by atoms with Crippen molar-refractivity contribution in [1.82, 2.24) is 0 Å². The Kier molecular flexibility index (Phi) is 29.5. The molecular formula is C135H166O. The minimum Gasteiger partial charge on any atom is -0.396 e. The second-order valence-corrected chi connectivity index (χ2v) is 45.1. The smallest absolute Gasteiger partial charge is 0.0431 e. The molecule has 0 aliphatic heterocycles. The molecule has 0 radical (unpaired) electrons. The first-order chi connectivity index (χ1) is 65.3. The summed E-state index contributed by atoms with van der Waals surface area (Å²) in [5, 5.41) is 8.37. The summed E-state index contributed by atoms with van der Waals surface area (Å²) in [6.45, 7) is 66.7. The maximum atomic E-state index is 8.37. The standard InChI is InChI=1S/C126H144.C7H16O.C2H6/c1-67-43-68(2)104-55-103(67)91-31-25-32-93-105-56-107(71(5)44-69(105)3)96-37-28-38-99-112-59-110(74(8)47-76(112)10)98(120-63-119(93)83(17)51-84(120)18)39-29-40-101-113-60-114(78(12)48-77(113)11)102(126-66-125(99)89(23)54-90(126)24)42-30-41-100-111-58-109(73(7)46-75(111)9)97(123-65-124(101)88(22)53-87(123)21)36-27-35-94(116-61-115(91)79(13)49-80(116)14)106-57-108(72(6)45-70(106)4)95(121-64-122(100)86(20)52-85(121)19)34-26-33-92(104)117-62-118(96)82(16)50-81(117)15;1-2-3-4-5-6-7-8;1-2/h43-66,91-102H,25-42H2,1-24H3;8H,2-7H2,1H3;1-2H3/t91-,92?,93+,94+,95?,96?,97-,98-,99?,100?,101+,102?;;. The molecule has 0 saturated heterocycles. The van der Waals surface area contributed by atoms with E-state index >= 15 is 0 Å². The van der Waals surface area contributed by atoms with Gasteiger partial charge in [0.05, 0.1) is 0 Å². The summed E-state index contributed by atoms with van der Waals surface area (Å²) in [5.74, 6) is 1.90. The second kappa shape index (κ2) is 40.8. The van der Waals surface area contributed by atoms with Crippen LogP contribution in [0.5, 0.6) is 0 Å². The molecule has 136 heavy (non-hydrogen) atoms. The fourth-order valence-electron chi connectivity index (χ4n) is 29.3. The molecule has 0 spiro atoms. The van der Waals surface area contributed by atoms with E-state index in [4.69, 9.17) is 5.11 Å². The third kappa shape index (κ3) is 18.6. The van der Waals surface area contributed by atoms with E-state index < -0.39 is 0 Å². The zero-order chi connectivity index (χ0) is 96.6. The van der Waals surface area contributed by atoms with Gasteiger partial charge in [0.15, 0.2) is 0 Å². The summed E-state index contributed by atoms with van der Waals surface area (Å²) in [6, 6.07) is 66.5. The van der Waals surface area contributed by atoms with E-state index in [1.165, 1.54) is 293 Å². The Labute approximate surface area is 824 Å². The van der Waals surface area contributed by atoms with Gasteiger partial charge in [0, 0.05) is 77.6 Å². The van der Waals surface area contributed by atoms with Crippen molar-refractivity contribution in [2.24, 2.45) is 0 Å². The van der Waals surface area contributed by atoms with E-state index in [2.05, 4.69) is 319 Å². The van der Waals surface area contributed by atoms with Crippen molar-refractivity contribution in [3.8, 4) is 0 Å². The maximum absolute atomic E-state index is 8.37. The highest BCUT2D eigenvalue weighted by atomic mass is 16.3. The minimum absolute atomic E-state index is 0.158. The van der Waals surface area contributed by atoms with Gasteiger partial charge in [0.25, 0.3) is 0 Å². The molecule has 1 N–H and O–H groups in total. The molecule has 7 aliphatic rings. The van der Waals surface area contributed by atoms with Gasteiger partial charge in [-0.05, 0) is 517 Å². The molecule has 0 heterocycles. The van der Waals surface area contributed by atoms with Gasteiger partial charge in [-0.25, -0.2) is 0 Å². The van der Waals surface area contributed by atoms with Crippen LogP contribution >= 0.6 is 0 Å². The summed E-state index contributed by atoms with van der Waals surface area (Å²) in [7, 11) is 0. The average Bonchev–Trinajstić information content (AvgIpc) is 0.749. The molecule has 12 aromatic rings. The van der Waals surface area contributed by atoms with E-state index in [1.54, 1.807) is 0 Å². The molecule has 12 aromatic carbocycles. The topological polar surface area (TPSA) is 20.2 Å². The highest BCUT2D eigenvalue weighted by Gasteiger charge is 2.39. The summed E-state index contributed by atoms with van der Waals surface area (Å²) < 4.78 is 0. The lowest BCUT2D eigenvalue weighted by molar-refractivity contribution is 0.282. The highest BCUT2D eigenvalue weighted by Crippen LogP contribution is 2.56. The Morgan fingerprint density at radius 3 is 0.316 bits per heavy atom. The van der Waals surface area contributed by atoms with E-state index in [9.17, 15) is 0 Å². The van der Waals surface area contributed by atoms with Crippen molar-refractivity contribution in [2.45, 2.75) is 406 Å². The summed E-state index contributed by atoms with van der Waals surface area (Å²) >= 11 is 0. The van der Waals surface area contributed by atoms with E-state index in [-0.39, 0.29) is 71.0 Å². The fourth-order valence-corrected chi connectivity index (χ4v) is 29.3. The monoisotopic (exact) mass is 1800 g/mol. The molecule has 36 bridgehead atoms. The molecule has 0 amide bonds. The van der Waals surface area contributed by atoms with Crippen LogP contribution in [0.3, 0.4) is 0 Å². The van der Waals surface area contributed by atoms with Gasteiger partial charge < -0.3 is 5.11 Å². The van der Waals surface area contributed by atoms with Gasteiger partial charge in [-0.3, -0.25) is 0 Å². The van der Waals surface area contributed by atoms with Crippen LogP contribution in [0.15, 0.2) is 146 Å². The van der Waals surface area contributed by atoms with Gasteiger partial charge in [0.1, 0.15) is 0 Å². The number of aliphatic hydroxyl groups is 1. The molecule has 1 nitrogen and oxygen atoms in total. The lowest BCUT2D eigenvalue weighted by Crippen LogP contribution is -2.18.